The van der Waals surface area contributed by atoms with Gasteiger partial charge in [0.2, 0.25) is 0 Å². The highest BCUT2D eigenvalue weighted by Gasteiger charge is 2.13. The molecule has 17 heavy (non-hydrogen) atoms. The summed E-state index contributed by atoms with van der Waals surface area (Å²) < 4.78 is 0. The van der Waals surface area contributed by atoms with Crippen molar-refractivity contribution >= 4 is 11.6 Å². The molecule has 0 unspecified atom stereocenters. The quantitative estimate of drug-likeness (QED) is 0.708. The van der Waals surface area contributed by atoms with Crippen LogP contribution in [-0.4, -0.2) is 40.0 Å². The molecule has 0 amide bonds. The number of aromatic amines is 1. The fourth-order valence-corrected chi connectivity index (χ4v) is 2.06. The van der Waals surface area contributed by atoms with E-state index in [1.807, 2.05) is 6.92 Å². The van der Waals surface area contributed by atoms with Crippen LogP contribution in [0.25, 0.3) is 0 Å². The molecule has 0 saturated carbocycles. The van der Waals surface area contributed by atoms with Crippen LogP contribution in [0.5, 0.6) is 0 Å². The van der Waals surface area contributed by atoms with Gasteiger partial charge in [-0.3, -0.25) is 4.90 Å². The zero-order chi connectivity index (χ0) is 13.0. The third-order valence-corrected chi connectivity index (χ3v) is 2.84. The minimum atomic E-state index is 0.551. The van der Waals surface area contributed by atoms with Gasteiger partial charge in [-0.05, 0) is 34.6 Å². The number of imidazole rings is 1. The van der Waals surface area contributed by atoms with Crippen LogP contribution in [0.15, 0.2) is 0 Å². The molecule has 0 spiro atoms. The molecule has 0 atom stereocenters. The molecule has 0 aliphatic heterocycles. The van der Waals surface area contributed by atoms with Gasteiger partial charge in [-0.15, -0.1) is 0 Å². The average molecular weight is 239 g/mol. The highest BCUT2D eigenvalue weighted by molar-refractivity contribution is 5.56. The van der Waals surface area contributed by atoms with Gasteiger partial charge in [0.25, 0.3) is 0 Å². The predicted molar refractivity (Wildman–Crippen MR) is 73.2 cm³/mol. The second kappa shape index (κ2) is 5.91. The summed E-state index contributed by atoms with van der Waals surface area (Å²) in [7, 11) is 0. The lowest BCUT2D eigenvalue weighted by atomic mass is 10.2. The van der Waals surface area contributed by atoms with E-state index in [0.29, 0.717) is 17.9 Å². The second-order valence-electron chi connectivity index (χ2n) is 4.94. The number of nitrogens with two attached hydrogens (primary N) is 1. The second-order valence-corrected chi connectivity index (χ2v) is 4.94. The maximum Gasteiger partial charge on any atom is 0.168 e. The van der Waals surface area contributed by atoms with Crippen LogP contribution in [0.1, 0.15) is 33.5 Å². The number of aromatic nitrogens is 2. The van der Waals surface area contributed by atoms with Crippen LogP contribution in [0, 0.1) is 6.92 Å². The van der Waals surface area contributed by atoms with E-state index in [4.69, 9.17) is 5.73 Å². The molecule has 4 N–H and O–H groups in total. The van der Waals surface area contributed by atoms with E-state index in [0.717, 1.165) is 24.7 Å². The van der Waals surface area contributed by atoms with Gasteiger partial charge in [0.15, 0.2) is 5.82 Å². The van der Waals surface area contributed by atoms with Gasteiger partial charge >= 0.3 is 0 Å². The van der Waals surface area contributed by atoms with Crippen LogP contribution >= 0.6 is 0 Å². The van der Waals surface area contributed by atoms with Gasteiger partial charge in [0.05, 0.1) is 0 Å². The molecular formula is C12H25N5. The molecule has 0 aliphatic carbocycles. The molecule has 0 bridgehead atoms. The summed E-state index contributed by atoms with van der Waals surface area (Å²) in [5.41, 5.74) is 5.78. The largest absolute Gasteiger partial charge is 0.382 e. The molecule has 1 aromatic rings. The van der Waals surface area contributed by atoms with Gasteiger partial charge < -0.3 is 16.0 Å². The molecule has 1 aromatic heterocycles. The summed E-state index contributed by atoms with van der Waals surface area (Å²) in [6, 6.07) is 1.10. The molecule has 1 heterocycles. The Bertz CT molecular complexity index is 335. The Labute approximate surface area is 104 Å². The predicted octanol–water partition coefficient (Wildman–Crippen LogP) is 1.83. The van der Waals surface area contributed by atoms with Crippen molar-refractivity contribution in [1.29, 1.82) is 0 Å². The maximum atomic E-state index is 5.78. The number of nitrogens with zero attached hydrogens (tertiary/aromatic N) is 2. The van der Waals surface area contributed by atoms with Crippen molar-refractivity contribution in [2.75, 3.05) is 24.1 Å². The Kier molecular flexibility index (Phi) is 4.81. The monoisotopic (exact) mass is 239 g/mol. The molecule has 0 aromatic carbocycles. The SMILES string of the molecule is Cc1nc(NCCN(C(C)C)C(C)C)c(N)[nH]1. The van der Waals surface area contributed by atoms with Crippen molar-refractivity contribution in [3.63, 3.8) is 0 Å². The van der Waals surface area contributed by atoms with Crippen molar-refractivity contribution in [2.45, 2.75) is 46.7 Å². The van der Waals surface area contributed by atoms with Crippen LogP contribution in [0.2, 0.25) is 0 Å². The first kappa shape index (κ1) is 13.8. The minimum absolute atomic E-state index is 0.551. The van der Waals surface area contributed by atoms with Crippen molar-refractivity contribution in [3.8, 4) is 0 Å². The molecule has 5 nitrogen and oxygen atoms in total. The fraction of sp³-hybridized carbons (Fsp3) is 0.750. The van der Waals surface area contributed by atoms with Gasteiger partial charge in [-0.2, -0.15) is 0 Å². The van der Waals surface area contributed by atoms with Gasteiger partial charge in [-0.25, -0.2) is 4.98 Å². The highest BCUT2D eigenvalue weighted by Crippen LogP contribution is 2.13. The summed E-state index contributed by atoms with van der Waals surface area (Å²) in [4.78, 5) is 9.70. The van der Waals surface area contributed by atoms with Crippen LogP contribution in [0.4, 0.5) is 11.6 Å². The summed E-state index contributed by atoms with van der Waals surface area (Å²) in [6.07, 6.45) is 0. The topological polar surface area (TPSA) is 70.0 Å². The third-order valence-electron chi connectivity index (χ3n) is 2.84. The number of hydrogen-bond donors (Lipinski definition) is 3. The Morgan fingerprint density at radius 1 is 1.29 bits per heavy atom. The molecule has 0 aliphatic rings. The Balaban J connectivity index is 2.44. The van der Waals surface area contributed by atoms with E-state index in [1.165, 1.54) is 0 Å². The van der Waals surface area contributed by atoms with E-state index in [-0.39, 0.29) is 0 Å². The number of H-pyrrole nitrogens is 1. The first-order valence-corrected chi connectivity index (χ1v) is 6.23. The molecule has 0 saturated heterocycles. The molecule has 0 radical (unpaired) electrons. The van der Waals surface area contributed by atoms with Crippen LogP contribution in [0.3, 0.4) is 0 Å². The van der Waals surface area contributed by atoms with Crippen molar-refractivity contribution < 1.29 is 0 Å². The minimum Gasteiger partial charge on any atom is -0.382 e. The highest BCUT2D eigenvalue weighted by atomic mass is 15.2. The number of anilines is 2. The molecule has 98 valence electrons. The Morgan fingerprint density at radius 2 is 1.88 bits per heavy atom. The van der Waals surface area contributed by atoms with E-state index in [1.54, 1.807) is 0 Å². The van der Waals surface area contributed by atoms with Crippen LogP contribution in [-0.2, 0) is 0 Å². The van der Waals surface area contributed by atoms with Crippen molar-refractivity contribution in [1.82, 2.24) is 14.9 Å². The maximum absolute atomic E-state index is 5.78. The molecular weight excluding hydrogens is 214 g/mol. The van der Waals surface area contributed by atoms with E-state index < -0.39 is 0 Å². The van der Waals surface area contributed by atoms with Crippen LogP contribution < -0.4 is 11.1 Å². The lowest BCUT2D eigenvalue weighted by molar-refractivity contribution is 0.182. The normalized spacial score (nSPS) is 11.8. The zero-order valence-electron chi connectivity index (χ0n) is 11.5. The standard InChI is InChI=1S/C12H25N5/c1-8(2)17(9(3)4)7-6-14-12-11(13)15-10(5)16-12/h8-9,14H,6-7,13H2,1-5H3,(H,15,16). The number of hydrogen-bond acceptors (Lipinski definition) is 4. The first-order chi connectivity index (χ1) is 7.91. The average Bonchev–Trinajstić information content (AvgIpc) is 2.51. The number of rotatable bonds is 6. The Morgan fingerprint density at radius 3 is 2.29 bits per heavy atom. The van der Waals surface area contributed by atoms with E-state index in [9.17, 15) is 0 Å². The van der Waals surface area contributed by atoms with Crippen molar-refractivity contribution in [2.24, 2.45) is 0 Å². The Hall–Kier alpha value is -1.23. The molecule has 0 fully saturated rings. The van der Waals surface area contributed by atoms with E-state index >= 15 is 0 Å². The van der Waals surface area contributed by atoms with E-state index in [2.05, 4.69) is 47.9 Å². The van der Waals surface area contributed by atoms with Gasteiger partial charge in [0.1, 0.15) is 11.6 Å². The molecule has 1 rings (SSSR count). The van der Waals surface area contributed by atoms with Gasteiger partial charge in [-0.1, -0.05) is 0 Å². The lowest BCUT2D eigenvalue weighted by Crippen LogP contribution is -2.40. The summed E-state index contributed by atoms with van der Waals surface area (Å²) >= 11 is 0. The first-order valence-electron chi connectivity index (χ1n) is 6.23. The number of nitrogens with one attached hydrogen (secondary N) is 2. The summed E-state index contributed by atoms with van der Waals surface area (Å²) in [5, 5.41) is 3.26. The fourth-order valence-electron chi connectivity index (χ4n) is 2.06. The zero-order valence-corrected chi connectivity index (χ0v) is 11.5. The number of aryl methyl sites for hydroxylation is 1. The summed E-state index contributed by atoms with van der Waals surface area (Å²) in [6.45, 7) is 12.6. The molecule has 5 heteroatoms. The smallest absolute Gasteiger partial charge is 0.168 e. The summed E-state index contributed by atoms with van der Waals surface area (Å²) in [5.74, 6) is 2.22. The van der Waals surface area contributed by atoms with Gasteiger partial charge in [0, 0.05) is 25.2 Å². The third kappa shape index (κ3) is 3.93. The lowest BCUT2D eigenvalue weighted by Gasteiger charge is -2.30. The number of nitrogen functional groups attached to an aromatic ring is 1. The van der Waals surface area contributed by atoms with Crippen molar-refractivity contribution in [3.05, 3.63) is 5.82 Å².